The Kier molecular flexibility index (Phi) is 3.20. The summed E-state index contributed by atoms with van der Waals surface area (Å²) >= 11 is 2.22. The van der Waals surface area contributed by atoms with Crippen LogP contribution < -0.4 is 5.32 Å². The topological polar surface area (TPSA) is 57.8 Å². The van der Waals surface area contributed by atoms with Gasteiger partial charge in [0, 0.05) is 14.6 Å². The minimum atomic E-state index is -0.209. The SMILES string of the molecule is O=C(Nc1ccccc1)c1n[nH]c2ccc(I)cc12. The molecule has 1 heterocycles. The van der Waals surface area contributed by atoms with Gasteiger partial charge >= 0.3 is 0 Å². The van der Waals surface area contributed by atoms with Gasteiger partial charge in [0.15, 0.2) is 5.69 Å². The van der Waals surface area contributed by atoms with Crippen LogP contribution in [0.1, 0.15) is 10.5 Å². The maximum atomic E-state index is 12.2. The number of carbonyl (C=O) groups excluding carboxylic acids is 1. The van der Waals surface area contributed by atoms with Crippen molar-refractivity contribution in [1.82, 2.24) is 10.2 Å². The molecule has 0 radical (unpaired) electrons. The number of fused-ring (bicyclic) bond motifs is 1. The quantitative estimate of drug-likeness (QED) is 0.686. The predicted molar refractivity (Wildman–Crippen MR) is 83.2 cm³/mol. The van der Waals surface area contributed by atoms with Crippen molar-refractivity contribution in [3.05, 3.63) is 57.8 Å². The highest BCUT2D eigenvalue weighted by Crippen LogP contribution is 2.20. The number of hydrogen-bond donors (Lipinski definition) is 2. The average Bonchev–Trinajstić information content (AvgIpc) is 2.82. The fourth-order valence-electron chi connectivity index (χ4n) is 1.87. The van der Waals surface area contributed by atoms with Crippen LogP contribution in [-0.4, -0.2) is 16.1 Å². The first-order chi connectivity index (χ1) is 9.24. The van der Waals surface area contributed by atoms with Gasteiger partial charge in [-0.2, -0.15) is 5.10 Å². The number of aromatic nitrogens is 2. The smallest absolute Gasteiger partial charge is 0.276 e. The fraction of sp³-hybridized carbons (Fsp3) is 0. The van der Waals surface area contributed by atoms with Crippen molar-refractivity contribution >= 4 is 45.1 Å². The molecule has 19 heavy (non-hydrogen) atoms. The number of nitrogens with one attached hydrogen (secondary N) is 2. The van der Waals surface area contributed by atoms with E-state index in [1.165, 1.54) is 0 Å². The second-order valence-electron chi connectivity index (χ2n) is 4.08. The molecule has 0 aliphatic carbocycles. The minimum absolute atomic E-state index is 0.209. The second kappa shape index (κ2) is 5.00. The van der Waals surface area contributed by atoms with E-state index in [0.29, 0.717) is 5.69 Å². The summed E-state index contributed by atoms with van der Waals surface area (Å²) in [6, 6.07) is 15.2. The zero-order valence-electron chi connectivity index (χ0n) is 9.85. The van der Waals surface area contributed by atoms with Crippen LogP contribution in [0.15, 0.2) is 48.5 Å². The first-order valence-corrected chi connectivity index (χ1v) is 6.82. The van der Waals surface area contributed by atoms with Gasteiger partial charge in [0.2, 0.25) is 0 Å². The highest BCUT2D eigenvalue weighted by atomic mass is 127. The van der Waals surface area contributed by atoms with E-state index in [0.717, 1.165) is 20.2 Å². The Hall–Kier alpha value is -1.89. The molecule has 0 fully saturated rings. The summed E-state index contributed by atoms with van der Waals surface area (Å²) in [5.41, 5.74) is 2.03. The Labute approximate surface area is 123 Å². The molecule has 0 saturated carbocycles. The Balaban J connectivity index is 1.96. The lowest BCUT2D eigenvalue weighted by molar-refractivity contribution is 0.102. The maximum absolute atomic E-state index is 12.2. The van der Waals surface area contributed by atoms with Crippen molar-refractivity contribution in [2.45, 2.75) is 0 Å². The fourth-order valence-corrected chi connectivity index (χ4v) is 2.36. The normalized spacial score (nSPS) is 10.6. The van der Waals surface area contributed by atoms with Gasteiger partial charge < -0.3 is 5.32 Å². The summed E-state index contributed by atoms with van der Waals surface area (Å²) in [5, 5.41) is 10.6. The monoisotopic (exact) mass is 363 g/mol. The molecule has 1 amide bonds. The molecular weight excluding hydrogens is 353 g/mol. The van der Waals surface area contributed by atoms with Gasteiger partial charge in [0.25, 0.3) is 5.91 Å². The van der Waals surface area contributed by atoms with Crippen LogP contribution in [0.2, 0.25) is 0 Å². The van der Waals surface area contributed by atoms with Crippen LogP contribution in [0, 0.1) is 3.57 Å². The van der Waals surface area contributed by atoms with Gasteiger partial charge in [0.05, 0.1) is 5.52 Å². The predicted octanol–water partition coefficient (Wildman–Crippen LogP) is 3.42. The molecule has 1 aromatic heterocycles. The number of H-pyrrole nitrogens is 1. The number of aromatic amines is 1. The van der Waals surface area contributed by atoms with Crippen LogP contribution in [0.5, 0.6) is 0 Å². The number of nitrogens with zero attached hydrogens (tertiary/aromatic N) is 1. The van der Waals surface area contributed by atoms with Crippen LogP contribution in [0.3, 0.4) is 0 Å². The van der Waals surface area contributed by atoms with Gasteiger partial charge in [-0.15, -0.1) is 0 Å². The number of carbonyl (C=O) groups is 1. The van der Waals surface area contributed by atoms with Crippen LogP contribution in [-0.2, 0) is 0 Å². The lowest BCUT2D eigenvalue weighted by Crippen LogP contribution is -2.12. The summed E-state index contributed by atoms with van der Waals surface area (Å²) in [4.78, 5) is 12.2. The molecule has 2 N–H and O–H groups in total. The lowest BCUT2D eigenvalue weighted by Gasteiger charge is -2.02. The van der Waals surface area contributed by atoms with Gasteiger partial charge in [-0.25, -0.2) is 0 Å². The van der Waals surface area contributed by atoms with Crippen molar-refractivity contribution < 1.29 is 4.79 Å². The zero-order valence-corrected chi connectivity index (χ0v) is 12.0. The van der Waals surface area contributed by atoms with Gasteiger partial charge in [-0.3, -0.25) is 9.89 Å². The first kappa shape index (κ1) is 12.2. The molecule has 0 spiro atoms. The zero-order chi connectivity index (χ0) is 13.2. The van der Waals surface area contributed by atoms with E-state index in [2.05, 4.69) is 38.1 Å². The van der Waals surface area contributed by atoms with E-state index in [-0.39, 0.29) is 5.91 Å². The van der Waals surface area contributed by atoms with Crippen molar-refractivity contribution in [2.75, 3.05) is 5.32 Å². The number of amides is 1. The Morgan fingerprint density at radius 3 is 2.74 bits per heavy atom. The van der Waals surface area contributed by atoms with Gasteiger partial charge in [-0.05, 0) is 52.9 Å². The molecule has 4 nitrogen and oxygen atoms in total. The van der Waals surface area contributed by atoms with E-state index in [9.17, 15) is 4.79 Å². The molecule has 5 heteroatoms. The van der Waals surface area contributed by atoms with Gasteiger partial charge in [0.1, 0.15) is 0 Å². The summed E-state index contributed by atoms with van der Waals surface area (Å²) in [6.07, 6.45) is 0. The summed E-state index contributed by atoms with van der Waals surface area (Å²) in [6.45, 7) is 0. The first-order valence-electron chi connectivity index (χ1n) is 5.74. The molecule has 94 valence electrons. The molecule has 0 saturated heterocycles. The molecule has 0 aliphatic rings. The molecule has 3 rings (SSSR count). The third-order valence-electron chi connectivity index (χ3n) is 2.77. The summed E-state index contributed by atoms with van der Waals surface area (Å²) in [7, 11) is 0. The second-order valence-corrected chi connectivity index (χ2v) is 5.33. The number of benzene rings is 2. The molecule has 2 aromatic carbocycles. The lowest BCUT2D eigenvalue weighted by atomic mass is 10.2. The van der Waals surface area contributed by atoms with E-state index in [1.54, 1.807) is 0 Å². The van der Waals surface area contributed by atoms with Crippen LogP contribution in [0.25, 0.3) is 10.9 Å². The third kappa shape index (κ3) is 2.46. The Morgan fingerprint density at radius 2 is 1.95 bits per heavy atom. The number of halogens is 1. The van der Waals surface area contributed by atoms with Crippen LogP contribution in [0.4, 0.5) is 5.69 Å². The third-order valence-corrected chi connectivity index (χ3v) is 3.44. The van der Waals surface area contributed by atoms with Crippen molar-refractivity contribution in [1.29, 1.82) is 0 Å². The number of anilines is 1. The molecule has 0 aliphatic heterocycles. The largest absolute Gasteiger partial charge is 0.321 e. The van der Waals surface area contributed by atoms with Gasteiger partial charge in [-0.1, -0.05) is 18.2 Å². The molecule has 0 bridgehead atoms. The standard InChI is InChI=1S/C14H10IN3O/c15-9-6-7-12-11(8-9)13(18-17-12)14(19)16-10-4-2-1-3-5-10/h1-8H,(H,16,19)(H,17,18). The number of hydrogen-bond acceptors (Lipinski definition) is 2. The molecule has 0 unspecified atom stereocenters. The average molecular weight is 363 g/mol. The minimum Gasteiger partial charge on any atom is -0.321 e. The highest BCUT2D eigenvalue weighted by molar-refractivity contribution is 14.1. The number of para-hydroxylation sites is 1. The van der Waals surface area contributed by atoms with E-state index in [1.807, 2.05) is 48.5 Å². The van der Waals surface area contributed by atoms with E-state index < -0.39 is 0 Å². The van der Waals surface area contributed by atoms with E-state index >= 15 is 0 Å². The number of rotatable bonds is 2. The van der Waals surface area contributed by atoms with Crippen molar-refractivity contribution in [3.63, 3.8) is 0 Å². The highest BCUT2D eigenvalue weighted by Gasteiger charge is 2.14. The van der Waals surface area contributed by atoms with Crippen LogP contribution >= 0.6 is 22.6 Å². The molecular formula is C14H10IN3O. The Morgan fingerprint density at radius 1 is 1.16 bits per heavy atom. The van der Waals surface area contributed by atoms with Crippen molar-refractivity contribution in [3.8, 4) is 0 Å². The maximum Gasteiger partial charge on any atom is 0.276 e. The summed E-state index contributed by atoms with van der Waals surface area (Å²) in [5.74, 6) is -0.209. The van der Waals surface area contributed by atoms with E-state index in [4.69, 9.17) is 0 Å². The van der Waals surface area contributed by atoms with Crippen molar-refractivity contribution in [2.24, 2.45) is 0 Å². The molecule has 3 aromatic rings. The Bertz CT molecular complexity index is 737. The summed E-state index contributed by atoms with van der Waals surface area (Å²) < 4.78 is 1.07. The molecule has 0 atom stereocenters.